The first-order valence-corrected chi connectivity index (χ1v) is 3.60. The first-order valence-electron chi connectivity index (χ1n) is 3.60. The standard InChI is InChI=1S/C8H9.C2H5.Mg/c1-2-8-6-4-3-5-7-8;1-2;/h3-6H,2H2,1H3;1H2,2H3;/q2*-1;+2. The van der Waals surface area contributed by atoms with E-state index in [1.807, 2.05) is 18.2 Å². The van der Waals surface area contributed by atoms with Gasteiger partial charge in [0.25, 0.3) is 0 Å². The molecular formula is C10H14Mg. The second-order valence-corrected chi connectivity index (χ2v) is 1.74. The Labute approximate surface area is 86.2 Å². The minimum absolute atomic E-state index is 0. The van der Waals surface area contributed by atoms with Gasteiger partial charge in [0, 0.05) is 0 Å². The van der Waals surface area contributed by atoms with Gasteiger partial charge in [-0.1, -0.05) is 13.3 Å². The van der Waals surface area contributed by atoms with Crippen LogP contribution in [0.3, 0.4) is 0 Å². The van der Waals surface area contributed by atoms with E-state index in [0.717, 1.165) is 6.42 Å². The predicted octanol–water partition coefficient (Wildman–Crippen LogP) is 2.51. The van der Waals surface area contributed by atoms with E-state index in [1.54, 1.807) is 6.92 Å². The zero-order valence-electron chi connectivity index (χ0n) is 7.43. The van der Waals surface area contributed by atoms with Gasteiger partial charge < -0.3 is 6.92 Å². The summed E-state index contributed by atoms with van der Waals surface area (Å²) in [5.74, 6) is 0. The van der Waals surface area contributed by atoms with Crippen LogP contribution >= 0.6 is 0 Å². The van der Waals surface area contributed by atoms with Gasteiger partial charge in [0.05, 0.1) is 0 Å². The van der Waals surface area contributed by atoms with Gasteiger partial charge in [-0.25, -0.2) is 0 Å². The summed E-state index contributed by atoms with van der Waals surface area (Å²) in [5, 5.41) is 0. The first kappa shape index (κ1) is 13.6. The van der Waals surface area contributed by atoms with Crippen molar-refractivity contribution in [1.82, 2.24) is 0 Å². The fourth-order valence-electron chi connectivity index (χ4n) is 0.650. The van der Waals surface area contributed by atoms with Crippen LogP contribution in [0.4, 0.5) is 0 Å². The number of hydrogen-bond donors (Lipinski definition) is 0. The minimum atomic E-state index is 0. The molecule has 0 unspecified atom stereocenters. The SMILES string of the molecule is CCc1[c-]cccc1.[CH2-]C.[Mg+2]. The largest absolute Gasteiger partial charge is 2.00 e. The molecule has 0 aliphatic rings. The molecule has 0 aliphatic heterocycles. The van der Waals surface area contributed by atoms with E-state index in [0.29, 0.717) is 0 Å². The van der Waals surface area contributed by atoms with Gasteiger partial charge >= 0.3 is 23.1 Å². The summed E-state index contributed by atoms with van der Waals surface area (Å²) in [6.45, 7) is 7.13. The second-order valence-electron chi connectivity index (χ2n) is 1.74. The molecule has 1 aromatic carbocycles. The van der Waals surface area contributed by atoms with Crippen molar-refractivity contribution in [2.24, 2.45) is 0 Å². The van der Waals surface area contributed by atoms with E-state index in [4.69, 9.17) is 0 Å². The Morgan fingerprint density at radius 3 is 2.27 bits per heavy atom. The number of aryl methyl sites for hydroxylation is 1. The molecule has 0 fully saturated rings. The molecule has 0 atom stereocenters. The summed E-state index contributed by atoms with van der Waals surface area (Å²) in [5.41, 5.74) is 1.28. The van der Waals surface area contributed by atoms with Crippen molar-refractivity contribution in [3.05, 3.63) is 42.8 Å². The Hall–Kier alpha value is -0.0138. The van der Waals surface area contributed by atoms with Gasteiger partial charge in [-0.15, -0.1) is 0 Å². The molecule has 0 radical (unpaired) electrons. The molecule has 0 aromatic heterocycles. The van der Waals surface area contributed by atoms with E-state index in [9.17, 15) is 0 Å². The van der Waals surface area contributed by atoms with Crippen LogP contribution in [-0.4, -0.2) is 23.1 Å². The molecule has 0 saturated carbocycles. The zero-order valence-corrected chi connectivity index (χ0v) is 8.84. The number of rotatable bonds is 1. The Morgan fingerprint density at radius 2 is 2.00 bits per heavy atom. The van der Waals surface area contributed by atoms with Gasteiger partial charge in [-0.3, -0.25) is 0 Å². The average molecular weight is 159 g/mol. The summed E-state index contributed by atoms with van der Waals surface area (Å²) in [6.07, 6.45) is 1.08. The maximum absolute atomic E-state index is 3.25. The Morgan fingerprint density at radius 1 is 1.36 bits per heavy atom. The van der Waals surface area contributed by atoms with Crippen LogP contribution in [0, 0.1) is 13.0 Å². The Kier molecular flexibility index (Phi) is 12.3. The van der Waals surface area contributed by atoms with Crippen molar-refractivity contribution in [3.63, 3.8) is 0 Å². The summed E-state index contributed by atoms with van der Waals surface area (Å²) in [7, 11) is 0. The third-order valence-corrected chi connectivity index (χ3v) is 1.15. The van der Waals surface area contributed by atoms with E-state index < -0.39 is 0 Å². The minimum Gasteiger partial charge on any atom is -0.346 e. The summed E-state index contributed by atoms with van der Waals surface area (Å²) < 4.78 is 0. The van der Waals surface area contributed by atoms with E-state index in [-0.39, 0.29) is 23.1 Å². The molecule has 0 nitrogen and oxygen atoms in total. The summed E-state index contributed by atoms with van der Waals surface area (Å²) in [4.78, 5) is 0. The van der Waals surface area contributed by atoms with Crippen molar-refractivity contribution in [1.29, 1.82) is 0 Å². The maximum Gasteiger partial charge on any atom is 2.00 e. The average Bonchev–Trinajstić information content (AvgIpc) is 2.10. The van der Waals surface area contributed by atoms with Crippen LogP contribution in [-0.2, 0) is 6.42 Å². The van der Waals surface area contributed by atoms with Gasteiger partial charge in [0.2, 0.25) is 0 Å². The van der Waals surface area contributed by atoms with E-state index in [1.165, 1.54) is 5.56 Å². The third-order valence-electron chi connectivity index (χ3n) is 1.15. The number of benzene rings is 1. The molecule has 0 saturated heterocycles. The van der Waals surface area contributed by atoms with Crippen LogP contribution in [0.2, 0.25) is 0 Å². The molecule has 0 N–H and O–H groups in total. The first-order chi connectivity index (χ1) is 4.93. The monoisotopic (exact) mass is 158 g/mol. The normalized spacial score (nSPS) is 7.18. The molecule has 1 aromatic rings. The summed E-state index contributed by atoms with van der Waals surface area (Å²) >= 11 is 0. The van der Waals surface area contributed by atoms with Crippen LogP contribution < -0.4 is 0 Å². The van der Waals surface area contributed by atoms with Gasteiger partial charge in [0.15, 0.2) is 0 Å². The fourth-order valence-corrected chi connectivity index (χ4v) is 0.650. The maximum atomic E-state index is 3.25. The fraction of sp³-hybridized carbons (Fsp3) is 0.300. The molecule has 0 spiro atoms. The van der Waals surface area contributed by atoms with E-state index in [2.05, 4.69) is 26.0 Å². The molecule has 11 heavy (non-hydrogen) atoms. The molecule has 0 amide bonds. The number of hydrogen-bond acceptors (Lipinski definition) is 0. The smallest absolute Gasteiger partial charge is 0.346 e. The van der Waals surface area contributed by atoms with Crippen LogP contribution in [0.1, 0.15) is 19.4 Å². The molecule has 1 rings (SSSR count). The van der Waals surface area contributed by atoms with Crippen LogP contribution in [0.15, 0.2) is 24.3 Å². The quantitative estimate of drug-likeness (QED) is 0.435. The van der Waals surface area contributed by atoms with Crippen LogP contribution in [0.25, 0.3) is 0 Å². The molecule has 0 aliphatic carbocycles. The topological polar surface area (TPSA) is 0 Å². The van der Waals surface area contributed by atoms with Crippen molar-refractivity contribution in [2.45, 2.75) is 20.3 Å². The van der Waals surface area contributed by atoms with Crippen molar-refractivity contribution < 1.29 is 0 Å². The van der Waals surface area contributed by atoms with Gasteiger partial charge in [0.1, 0.15) is 0 Å². The van der Waals surface area contributed by atoms with Crippen molar-refractivity contribution in [2.75, 3.05) is 0 Å². The molecule has 1 heteroatoms. The molecule has 56 valence electrons. The van der Waals surface area contributed by atoms with Crippen LogP contribution in [0.5, 0.6) is 0 Å². The zero-order chi connectivity index (χ0) is 7.82. The van der Waals surface area contributed by atoms with Gasteiger partial charge in [-0.05, 0) is 0 Å². The third kappa shape index (κ3) is 6.39. The Bertz CT molecular complexity index is 146. The van der Waals surface area contributed by atoms with E-state index >= 15 is 0 Å². The molecule has 0 heterocycles. The predicted molar refractivity (Wildman–Crippen MR) is 51.4 cm³/mol. The van der Waals surface area contributed by atoms with Gasteiger partial charge in [-0.2, -0.15) is 42.8 Å². The molecular weight excluding hydrogens is 144 g/mol. The molecule has 0 bridgehead atoms. The Balaban J connectivity index is 0. The van der Waals surface area contributed by atoms with Crippen molar-refractivity contribution in [3.8, 4) is 0 Å². The van der Waals surface area contributed by atoms with Crippen molar-refractivity contribution >= 4 is 23.1 Å². The second kappa shape index (κ2) is 9.99. The summed E-state index contributed by atoms with van der Waals surface area (Å²) in [6, 6.07) is 11.2.